The summed E-state index contributed by atoms with van der Waals surface area (Å²) in [6.07, 6.45) is 1.85. The third-order valence-corrected chi connectivity index (χ3v) is 3.76. The number of amides is 1. The zero-order valence-electron chi connectivity index (χ0n) is 11.1. The lowest BCUT2D eigenvalue weighted by Crippen LogP contribution is -2.17. The second kappa shape index (κ2) is 6.38. The first kappa shape index (κ1) is 13.6. The van der Waals surface area contributed by atoms with Crippen molar-refractivity contribution in [3.63, 3.8) is 0 Å². The number of carbonyl (C=O) groups excluding carboxylic acids is 1. The van der Waals surface area contributed by atoms with Gasteiger partial charge < -0.3 is 5.32 Å². The molecule has 4 heteroatoms. The van der Waals surface area contributed by atoms with Gasteiger partial charge in [0.2, 0.25) is 10.9 Å². The van der Waals surface area contributed by atoms with E-state index in [1.807, 2.05) is 56.4 Å². The number of carbonyl (C=O) groups is 1. The number of aromatic nitrogens is 1. The van der Waals surface area contributed by atoms with E-state index in [0.29, 0.717) is 5.75 Å². The van der Waals surface area contributed by atoms with E-state index in [9.17, 15) is 4.79 Å². The Hall–Kier alpha value is -1.81. The van der Waals surface area contributed by atoms with Crippen molar-refractivity contribution in [3.8, 4) is 0 Å². The van der Waals surface area contributed by atoms with E-state index in [2.05, 4.69) is 10.3 Å². The van der Waals surface area contributed by atoms with Crippen LogP contribution in [0.4, 0.5) is 5.69 Å². The van der Waals surface area contributed by atoms with Crippen LogP contribution < -0.4 is 10.3 Å². The van der Waals surface area contributed by atoms with Crippen LogP contribution >= 0.6 is 11.8 Å². The fourth-order valence-electron chi connectivity index (χ4n) is 1.80. The highest BCUT2D eigenvalue weighted by molar-refractivity contribution is 7.99. The number of pyridine rings is 1. The van der Waals surface area contributed by atoms with Crippen LogP contribution in [-0.2, 0) is 4.79 Å². The van der Waals surface area contributed by atoms with Crippen molar-refractivity contribution in [1.29, 1.82) is 0 Å². The zero-order valence-corrected chi connectivity index (χ0v) is 11.9. The molecule has 0 fully saturated rings. The standard InChI is InChI=1S/C15H16N2OS/c1-11-6-5-7-12(2)15(11)17-13(18)10-19-14-8-3-4-9-16-14/h3-9H,10H2,1-2H3,(H,17,18)/p+1. The van der Waals surface area contributed by atoms with Gasteiger partial charge in [0.25, 0.3) is 0 Å². The number of H-pyrrole nitrogens is 1. The van der Waals surface area contributed by atoms with Crippen molar-refractivity contribution in [2.45, 2.75) is 18.9 Å². The highest BCUT2D eigenvalue weighted by atomic mass is 32.2. The van der Waals surface area contributed by atoms with Crippen LogP contribution in [0.3, 0.4) is 0 Å². The SMILES string of the molecule is Cc1cccc(C)c1NC(=O)CSc1cccc[nH+]1. The lowest BCUT2D eigenvalue weighted by molar-refractivity contribution is -0.426. The number of aryl methyl sites for hydroxylation is 2. The molecule has 0 saturated carbocycles. The highest BCUT2D eigenvalue weighted by Gasteiger charge is 2.09. The Balaban J connectivity index is 1.95. The third kappa shape index (κ3) is 3.83. The van der Waals surface area contributed by atoms with E-state index in [4.69, 9.17) is 0 Å². The number of hydrogen-bond acceptors (Lipinski definition) is 2. The van der Waals surface area contributed by atoms with Crippen LogP contribution in [-0.4, -0.2) is 11.7 Å². The lowest BCUT2D eigenvalue weighted by atomic mass is 10.1. The van der Waals surface area contributed by atoms with Gasteiger partial charge in [-0.15, -0.1) is 0 Å². The van der Waals surface area contributed by atoms with E-state index in [1.54, 1.807) is 0 Å². The van der Waals surface area contributed by atoms with Crippen molar-refractivity contribution in [2.75, 3.05) is 11.1 Å². The van der Waals surface area contributed by atoms with Gasteiger partial charge in [-0.3, -0.25) is 4.79 Å². The number of aromatic amines is 1. The maximum absolute atomic E-state index is 11.9. The molecule has 0 atom stereocenters. The summed E-state index contributed by atoms with van der Waals surface area (Å²) in [5, 5.41) is 3.96. The normalized spacial score (nSPS) is 10.2. The van der Waals surface area contributed by atoms with Gasteiger partial charge in [0.05, 0.1) is 5.75 Å². The van der Waals surface area contributed by atoms with Gasteiger partial charge in [0, 0.05) is 17.8 Å². The number of anilines is 1. The molecule has 1 heterocycles. The van der Waals surface area contributed by atoms with Crippen molar-refractivity contribution >= 4 is 23.4 Å². The number of rotatable bonds is 4. The molecule has 1 aromatic carbocycles. The summed E-state index contributed by atoms with van der Waals surface area (Å²) in [7, 11) is 0. The summed E-state index contributed by atoms with van der Waals surface area (Å²) in [5.74, 6) is 0.411. The van der Waals surface area contributed by atoms with Crippen LogP contribution in [0.1, 0.15) is 11.1 Å². The quantitative estimate of drug-likeness (QED) is 0.870. The molecule has 0 bridgehead atoms. The first-order valence-electron chi connectivity index (χ1n) is 6.12. The summed E-state index contributed by atoms with van der Waals surface area (Å²) in [6, 6.07) is 11.8. The molecule has 0 aliphatic rings. The van der Waals surface area contributed by atoms with E-state index in [-0.39, 0.29) is 5.91 Å². The topological polar surface area (TPSA) is 43.2 Å². The average Bonchev–Trinajstić information content (AvgIpc) is 2.42. The Morgan fingerprint density at radius 1 is 1.16 bits per heavy atom. The molecule has 0 aliphatic heterocycles. The molecule has 0 spiro atoms. The van der Waals surface area contributed by atoms with Crippen molar-refractivity contribution in [1.82, 2.24) is 0 Å². The second-order valence-electron chi connectivity index (χ2n) is 4.33. The van der Waals surface area contributed by atoms with Crippen molar-refractivity contribution in [2.24, 2.45) is 0 Å². The minimum atomic E-state index is 0.0136. The molecule has 0 saturated heterocycles. The van der Waals surface area contributed by atoms with Crippen LogP contribution in [0.15, 0.2) is 47.6 Å². The molecule has 2 N–H and O–H groups in total. The minimum absolute atomic E-state index is 0.0136. The smallest absolute Gasteiger partial charge is 0.238 e. The number of nitrogens with one attached hydrogen (secondary N) is 2. The molecule has 3 nitrogen and oxygen atoms in total. The Morgan fingerprint density at radius 3 is 2.53 bits per heavy atom. The first-order valence-corrected chi connectivity index (χ1v) is 7.11. The summed E-state index contributed by atoms with van der Waals surface area (Å²) < 4.78 is 0. The van der Waals surface area contributed by atoms with Crippen LogP contribution in [0, 0.1) is 13.8 Å². The molecule has 2 aromatic rings. The van der Waals surface area contributed by atoms with Crippen LogP contribution in [0.2, 0.25) is 0 Å². The monoisotopic (exact) mass is 273 g/mol. The molecular formula is C15H17N2OS+. The molecule has 2 rings (SSSR count). The predicted molar refractivity (Wildman–Crippen MR) is 78.3 cm³/mol. The molecule has 0 radical (unpaired) electrons. The lowest BCUT2D eigenvalue weighted by Gasteiger charge is -2.10. The minimum Gasteiger partial charge on any atom is -0.325 e. The largest absolute Gasteiger partial charge is 0.325 e. The van der Waals surface area contributed by atoms with Crippen LogP contribution in [0.25, 0.3) is 0 Å². The molecule has 0 unspecified atom stereocenters. The van der Waals surface area contributed by atoms with Gasteiger partial charge >= 0.3 is 0 Å². The van der Waals surface area contributed by atoms with Gasteiger partial charge in [-0.25, -0.2) is 4.98 Å². The van der Waals surface area contributed by atoms with Crippen molar-refractivity contribution in [3.05, 3.63) is 53.7 Å². The van der Waals surface area contributed by atoms with Gasteiger partial charge in [-0.05, 0) is 42.8 Å². The number of para-hydroxylation sites is 1. The number of hydrogen-bond donors (Lipinski definition) is 1. The first-order chi connectivity index (χ1) is 9.16. The average molecular weight is 273 g/mol. The molecule has 98 valence electrons. The number of benzene rings is 1. The van der Waals surface area contributed by atoms with E-state index in [1.165, 1.54) is 11.8 Å². The summed E-state index contributed by atoms with van der Waals surface area (Å²) in [5.41, 5.74) is 3.10. The maximum Gasteiger partial charge on any atom is 0.238 e. The van der Waals surface area contributed by atoms with E-state index in [0.717, 1.165) is 21.8 Å². The molecule has 19 heavy (non-hydrogen) atoms. The summed E-state index contributed by atoms with van der Waals surface area (Å²) >= 11 is 1.49. The summed E-state index contributed by atoms with van der Waals surface area (Å²) in [4.78, 5) is 15.0. The molecule has 0 aliphatic carbocycles. The zero-order chi connectivity index (χ0) is 13.7. The Morgan fingerprint density at radius 2 is 1.89 bits per heavy atom. The fraction of sp³-hybridized carbons (Fsp3) is 0.200. The van der Waals surface area contributed by atoms with E-state index < -0.39 is 0 Å². The Labute approximate surface area is 117 Å². The van der Waals surface area contributed by atoms with Gasteiger partial charge in [0.1, 0.15) is 0 Å². The van der Waals surface area contributed by atoms with Gasteiger partial charge in [-0.2, -0.15) is 0 Å². The van der Waals surface area contributed by atoms with Gasteiger partial charge in [-0.1, -0.05) is 18.2 Å². The van der Waals surface area contributed by atoms with E-state index >= 15 is 0 Å². The molecule has 1 aromatic heterocycles. The van der Waals surface area contributed by atoms with Crippen molar-refractivity contribution < 1.29 is 9.78 Å². The fourth-order valence-corrected chi connectivity index (χ4v) is 2.48. The highest BCUT2D eigenvalue weighted by Crippen LogP contribution is 2.20. The molecular weight excluding hydrogens is 256 g/mol. The Bertz CT molecular complexity index is 549. The maximum atomic E-state index is 11.9. The predicted octanol–water partition coefficient (Wildman–Crippen LogP) is 2.85. The third-order valence-electron chi connectivity index (χ3n) is 2.78. The Kier molecular flexibility index (Phi) is 4.58. The molecule has 1 amide bonds. The number of thioether (sulfide) groups is 1. The van der Waals surface area contributed by atoms with Crippen LogP contribution in [0.5, 0.6) is 0 Å². The summed E-state index contributed by atoms with van der Waals surface area (Å²) in [6.45, 7) is 4.00. The van der Waals surface area contributed by atoms with Gasteiger partial charge in [0.15, 0.2) is 6.20 Å². The second-order valence-corrected chi connectivity index (χ2v) is 5.35.